The zero-order chi connectivity index (χ0) is 12.3. The Labute approximate surface area is 102 Å². The molecule has 1 aromatic carbocycles. The second kappa shape index (κ2) is 4.94. The van der Waals surface area contributed by atoms with Crippen LogP contribution in [0.25, 0.3) is 0 Å². The van der Waals surface area contributed by atoms with Gasteiger partial charge in [0.05, 0.1) is 19.8 Å². The first-order chi connectivity index (χ1) is 8.11. The predicted molar refractivity (Wildman–Crippen MR) is 65.1 cm³/mol. The van der Waals surface area contributed by atoms with Crippen LogP contribution < -0.4 is 15.4 Å². The molecule has 94 valence electrons. The predicted octanol–water partition coefficient (Wildman–Crippen LogP) is 1.92. The van der Waals surface area contributed by atoms with Gasteiger partial charge in [0.15, 0.2) is 11.5 Å². The molecule has 0 aromatic heterocycles. The average molecular weight is 237 g/mol. The van der Waals surface area contributed by atoms with E-state index in [2.05, 4.69) is 18.7 Å². The molecule has 0 fully saturated rings. The molecule has 1 heterocycles. The molecule has 1 aliphatic heterocycles. The Bertz CT molecular complexity index is 390. The number of hydrogen-bond acceptors (Lipinski definition) is 4. The first-order valence-electron chi connectivity index (χ1n) is 5.81. The maximum Gasteiger partial charge on any atom is 0.161 e. The van der Waals surface area contributed by atoms with Crippen molar-refractivity contribution in [3.63, 3.8) is 0 Å². The van der Waals surface area contributed by atoms with Crippen molar-refractivity contribution in [2.45, 2.75) is 20.3 Å². The van der Waals surface area contributed by atoms with Crippen molar-refractivity contribution in [1.29, 1.82) is 0 Å². The van der Waals surface area contributed by atoms with Gasteiger partial charge in [-0.3, -0.25) is 0 Å². The van der Waals surface area contributed by atoms with Gasteiger partial charge in [0, 0.05) is 5.41 Å². The van der Waals surface area contributed by atoms with E-state index in [9.17, 15) is 0 Å². The first kappa shape index (κ1) is 12.2. The quantitative estimate of drug-likeness (QED) is 0.816. The second-order valence-corrected chi connectivity index (χ2v) is 5.14. The SMILES string of the molecule is CC1(C)COc2ccc(CCON)cc2OC1. The molecule has 0 radical (unpaired) electrons. The normalized spacial score (nSPS) is 17.6. The molecule has 1 aromatic rings. The van der Waals surface area contributed by atoms with Gasteiger partial charge in [0.25, 0.3) is 0 Å². The van der Waals surface area contributed by atoms with Crippen LogP contribution >= 0.6 is 0 Å². The summed E-state index contributed by atoms with van der Waals surface area (Å²) >= 11 is 0. The Morgan fingerprint density at radius 3 is 2.65 bits per heavy atom. The molecular formula is C13H19NO3. The summed E-state index contributed by atoms with van der Waals surface area (Å²) in [5.74, 6) is 6.64. The molecule has 0 aliphatic carbocycles. The Morgan fingerprint density at radius 1 is 1.24 bits per heavy atom. The van der Waals surface area contributed by atoms with Gasteiger partial charge in [-0.15, -0.1) is 0 Å². The van der Waals surface area contributed by atoms with E-state index in [1.165, 1.54) is 0 Å². The molecule has 4 nitrogen and oxygen atoms in total. The lowest BCUT2D eigenvalue weighted by Gasteiger charge is -2.19. The third-order valence-corrected chi connectivity index (χ3v) is 2.75. The second-order valence-electron chi connectivity index (χ2n) is 5.14. The molecular weight excluding hydrogens is 218 g/mol. The molecule has 0 saturated carbocycles. The van der Waals surface area contributed by atoms with E-state index in [4.69, 9.17) is 15.4 Å². The average Bonchev–Trinajstić information content (AvgIpc) is 2.46. The van der Waals surface area contributed by atoms with E-state index in [0.29, 0.717) is 19.8 Å². The van der Waals surface area contributed by atoms with Crippen LogP contribution in [0.1, 0.15) is 19.4 Å². The minimum absolute atomic E-state index is 0.0412. The van der Waals surface area contributed by atoms with Crippen LogP contribution in [0.15, 0.2) is 18.2 Å². The summed E-state index contributed by atoms with van der Waals surface area (Å²) in [7, 11) is 0. The largest absolute Gasteiger partial charge is 0.489 e. The maximum absolute atomic E-state index is 5.79. The summed E-state index contributed by atoms with van der Waals surface area (Å²) in [6, 6.07) is 5.96. The summed E-state index contributed by atoms with van der Waals surface area (Å²) < 4.78 is 11.5. The van der Waals surface area contributed by atoms with Crippen molar-refractivity contribution in [3.8, 4) is 11.5 Å². The zero-order valence-corrected chi connectivity index (χ0v) is 10.4. The molecule has 2 rings (SSSR count). The van der Waals surface area contributed by atoms with E-state index in [0.717, 1.165) is 23.5 Å². The fraction of sp³-hybridized carbons (Fsp3) is 0.538. The summed E-state index contributed by atoms with van der Waals surface area (Å²) in [5, 5.41) is 0. The highest BCUT2D eigenvalue weighted by molar-refractivity contribution is 5.43. The fourth-order valence-corrected chi connectivity index (χ4v) is 1.70. The summed E-state index contributed by atoms with van der Waals surface area (Å²) in [5.41, 5.74) is 1.18. The van der Waals surface area contributed by atoms with E-state index >= 15 is 0 Å². The van der Waals surface area contributed by atoms with Gasteiger partial charge in [0.1, 0.15) is 0 Å². The van der Waals surface area contributed by atoms with Gasteiger partial charge in [-0.2, -0.15) is 0 Å². The molecule has 17 heavy (non-hydrogen) atoms. The fourth-order valence-electron chi connectivity index (χ4n) is 1.70. The topological polar surface area (TPSA) is 53.7 Å². The van der Waals surface area contributed by atoms with Crippen molar-refractivity contribution >= 4 is 0 Å². The number of ether oxygens (including phenoxy) is 2. The Kier molecular flexibility index (Phi) is 3.54. The van der Waals surface area contributed by atoms with Gasteiger partial charge in [-0.25, -0.2) is 5.90 Å². The highest BCUT2D eigenvalue weighted by Crippen LogP contribution is 2.34. The molecule has 0 spiro atoms. The van der Waals surface area contributed by atoms with Crippen LogP contribution in [0.3, 0.4) is 0 Å². The molecule has 0 unspecified atom stereocenters. The van der Waals surface area contributed by atoms with Crippen molar-refractivity contribution < 1.29 is 14.3 Å². The van der Waals surface area contributed by atoms with Gasteiger partial charge in [-0.1, -0.05) is 19.9 Å². The van der Waals surface area contributed by atoms with Crippen LogP contribution in [0.5, 0.6) is 11.5 Å². The molecule has 0 bridgehead atoms. The van der Waals surface area contributed by atoms with Gasteiger partial charge < -0.3 is 14.3 Å². The zero-order valence-electron chi connectivity index (χ0n) is 10.4. The first-order valence-corrected chi connectivity index (χ1v) is 5.81. The summed E-state index contributed by atoms with van der Waals surface area (Å²) in [4.78, 5) is 4.58. The van der Waals surface area contributed by atoms with Crippen molar-refractivity contribution in [1.82, 2.24) is 0 Å². The highest BCUT2D eigenvalue weighted by Gasteiger charge is 2.25. The molecule has 4 heteroatoms. The van der Waals surface area contributed by atoms with Gasteiger partial charge in [0.2, 0.25) is 0 Å². The number of nitrogens with two attached hydrogens (primary N) is 1. The smallest absolute Gasteiger partial charge is 0.161 e. The van der Waals surface area contributed by atoms with Crippen molar-refractivity contribution in [2.24, 2.45) is 11.3 Å². The lowest BCUT2D eigenvalue weighted by molar-refractivity contribution is 0.139. The molecule has 0 amide bonds. The number of rotatable bonds is 3. The number of hydrogen-bond donors (Lipinski definition) is 1. The van der Waals surface area contributed by atoms with Crippen molar-refractivity contribution in [2.75, 3.05) is 19.8 Å². The van der Waals surface area contributed by atoms with E-state index in [1.807, 2.05) is 18.2 Å². The van der Waals surface area contributed by atoms with Crippen LogP contribution in [0.2, 0.25) is 0 Å². The molecule has 1 aliphatic rings. The highest BCUT2D eigenvalue weighted by atomic mass is 16.6. The van der Waals surface area contributed by atoms with Crippen molar-refractivity contribution in [3.05, 3.63) is 23.8 Å². The minimum atomic E-state index is 0.0412. The lowest BCUT2D eigenvalue weighted by Crippen LogP contribution is -2.26. The van der Waals surface area contributed by atoms with Crippen LogP contribution in [0.4, 0.5) is 0 Å². The number of benzene rings is 1. The Morgan fingerprint density at radius 2 is 1.94 bits per heavy atom. The molecule has 2 N–H and O–H groups in total. The van der Waals surface area contributed by atoms with E-state index in [1.54, 1.807) is 0 Å². The molecule has 0 saturated heterocycles. The van der Waals surface area contributed by atoms with E-state index < -0.39 is 0 Å². The standard InChI is InChI=1S/C13H19NO3/c1-13(2)8-15-11-4-3-10(5-6-17-14)7-12(11)16-9-13/h3-4,7H,5-6,8-9,14H2,1-2H3. The van der Waals surface area contributed by atoms with E-state index in [-0.39, 0.29) is 5.41 Å². The number of fused-ring (bicyclic) bond motifs is 1. The Balaban J connectivity index is 2.14. The maximum atomic E-state index is 5.79. The van der Waals surface area contributed by atoms with Crippen LogP contribution in [0, 0.1) is 5.41 Å². The van der Waals surface area contributed by atoms with Crippen LogP contribution in [-0.2, 0) is 11.3 Å². The van der Waals surface area contributed by atoms with Gasteiger partial charge in [-0.05, 0) is 24.1 Å². The Hall–Kier alpha value is -1.26. The third kappa shape index (κ3) is 3.11. The minimum Gasteiger partial charge on any atom is -0.489 e. The summed E-state index contributed by atoms with van der Waals surface area (Å²) in [6.07, 6.45) is 0.774. The summed E-state index contributed by atoms with van der Waals surface area (Å²) in [6.45, 7) is 6.09. The molecule has 0 atom stereocenters. The van der Waals surface area contributed by atoms with Gasteiger partial charge >= 0.3 is 0 Å². The third-order valence-electron chi connectivity index (χ3n) is 2.75. The monoisotopic (exact) mass is 237 g/mol. The lowest BCUT2D eigenvalue weighted by atomic mass is 9.97. The van der Waals surface area contributed by atoms with Crippen LogP contribution in [-0.4, -0.2) is 19.8 Å².